The number of hydrogen-bond acceptors (Lipinski definition) is 7. The van der Waals surface area contributed by atoms with Crippen molar-refractivity contribution in [2.24, 2.45) is 0 Å². The molecule has 2 aliphatic rings. The molecule has 8 heteroatoms. The summed E-state index contributed by atoms with van der Waals surface area (Å²) in [5.41, 5.74) is 4.64. The van der Waals surface area contributed by atoms with E-state index in [4.69, 9.17) is 9.72 Å². The van der Waals surface area contributed by atoms with Gasteiger partial charge in [-0.3, -0.25) is 24.6 Å². The number of anilines is 1. The van der Waals surface area contributed by atoms with Crippen LogP contribution in [0.15, 0.2) is 35.4 Å². The largest absolute Gasteiger partial charge is 0.372 e. The maximum atomic E-state index is 12.7. The Kier molecular flexibility index (Phi) is 4.96. The van der Waals surface area contributed by atoms with Crippen molar-refractivity contribution in [3.05, 3.63) is 57.8 Å². The SMILES string of the molecule is C[C@@H]1CN(c2nc3c(c(=O)[nH]2)CCN(Cc2cccc4nccnc24)C3)C[C@@H](C)O1. The number of ether oxygens (including phenoxy) is 1. The van der Waals surface area contributed by atoms with Gasteiger partial charge < -0.3 is 9.64 Å². The second-order valence-corrected chi connectivity index (χ2v) is 8.28. The van der Waals surface area contributed by atoms with Crippen molar-refractivity contribution in [1.82, 2.24) is 24.8 Å². The van der Waals surface area contributed by atoms with Crippen LogP contribution in [0.3, 0.4) is 0 Å². The Morgan fingerprint density at radius 2 is 1.97 bits per heavy atom. The van der Waals surface area contributed by atoms with Gasteiger partial charge in [-0.15, -0.1) is 0 Å². The van der Waals surface area contributed by atoms with E-state index in [1.807, 2.05) is 26.0 Å². The molecule has 2 aromatic heterocycles. The van der Waals surface area contributed by atoms with E-state index >= 15 is 0 Å². The average molecular weight is 406 g/mol. The van der Waals surface area contributed by atoms with Gasteiger partial charge in [-0.2, -0.15) is 0 Å². The summed E-state index contributed by atoms with van der Waals surface area (Å²) in [6.07, 6.45) is 4.37. The van der Waals surface area contributed by atoms with E-state index in [0.717, 1.165) is 54.0 Å². The average Bonchev–Trinajstić information content (AvgIpc) is 2.73. The number of benzene rings is 1. The van der Waals surface area contributed by atoms with Crippen LogP contribution in [0.25, 0.3) is 11.0 Å². The number of morpholine rings is 1. The normalized spacial score (nSPS) is 22.3. The van der Waals surface area contributed by atoms with Crippen LogP contribution in [-0.4, -0.2) is 56.7 Å². The molecule has 1 fully saturated rings. The number of aromatic amines is 1. The predicted molar refractivity (Wildman–Crippen MR) is 114 cm³/mol. The van der Waals surface area contributed by atoms with E-state index in [2.05, 4.69) is 30.8 Å². The number of rotatable bonds is 3. The minimum atomic E-state index is -0.0162. The summed E-state index contributed by atoms with van der Waals surface area (Å²) in [5.74, 6) is 0.652. The molecule has 3 aromatic rings. The quantitative estimate of drug-likeness (QED) is 0.711. The summed E-state index contributed by atoms with van der Waals surface area (Å²) >= 11 is 0. The van der Waals surface area contributed by atoms with Gasteiger partial charge in [0.05, 0.1) is 28.9 Å². The topological polar surface area (TPSA) is 87.2 Å². The predicted octanol–water partition coefficient (Wildman–Crippen LogP) is 1.88. The van der Waals surface area contributed by atoms with Crippen LogP contribution in [0.2, 0.25) is 0 Å². The Balaban J connectivity index is 1.40. The molecule has 156 valence electrons. The fraction of sp³-hybridized carbons (Fsp3) is 0.455. The van der Waals surface area contributed by atoms with Crippen LogP contribution >= 0.6 is 0 Å². The standard InChI is InChI=1S/C22H26N6O2/c1-14-10-28(11-15(2)30-14)22-25-19-13-27(9-6-17(19)21(29)26-22)12-16-4-3-5-18-20(16)24-8-7-23-18/h3-5,7-8,14-15H,6,9-13H2,1-2H3,(H,25,26,29)/t14-,15-/m1/s1. The third kappa shape index (κ3) is 3.68. The molecule has 0 radical (unpaired) electrons. The van der Waals surface area contributed by atoms with Gasteiger partial charge in [0.1, 0.15) is 0 Å². The molecule has 4 heterocycles. The van der Waals surface area contributed by atoms with Crippen molar-refractivity contribution in [2.45, 2.75) is 45.6 Å². The number of fused-ring (bicyclic) bond motifs is 2. The highest BCUT2D eigenvalue weighted by Crippen LogP contribution is 2.22. The highest BCUT2D eigenvalue weighted by atomic mass is 16.5. The monoisotopic (exact) mass is 406 g/mol. The third-order valence-electron chi connectivity index (χ3n) is 5.84. The highest BCUT2D eigenvalue weighted by molar-refractivity contribution is 5.77. The van der Waals surface area contributed by atoms with Gasteiger partial charge in [-0.1, -0.05) is 12.1 Å². The highest BCUT2D eigenvalue weighted by Gasteiger charge is 2.27. The number of aromatic nitrogens is 4. The maximum Gasteiger partial charge on any atom is 0.255 e. The first-order valence-electron chi connectivity index (χ1n) is 10.5. The van der Waals surface area contributed by atoms with E-state index in [1.54, 1.807) is 12.4 Å². The van der Waals surface area contributed by atoms with E-state index in [1.165, 1.54) is 0 Å². The molecule has 1 N–H and O–H groups in total. The molecule has 0 spiro atoms. The summed E-state index contributed by atoms with van der Waals surface area (Å²) in [5, 5.41) is 0. The van der Waals surface area contributed by atoms with E-state index < -0.39 is 0 Å². The Morgan fingerprint density at radius 1 is 1.17 bits per heavy atom. The lowest BCUT2D eigenvalue weighted by atomic mass is 10.1. The van der Waals surface area contributed by atoms with Crippen LogP contribution in [0.1, 0.15) is 30.7 Å². The number of H-pyrrole nitrogens is 1. The Morgan fingerprint density at radius 3 is 2.80 bits per heavy atom. The van der Waals surface area contributed by atoms with Crippen LogP contribution in [0.4, 0.5) is 5.95 Å². The third-order valence-corrected chi connectivity index (χ3v) is 5.84. The first-order valence-corrected chi connectivity index (χ1v) is 10.5. The number of nitrogens with zero attached hydrogens (tertiary/aromatic N) is 5. The zero-order valence-corrected chi connectivity index (χ0v) is 17.3. The van der Waals surface area contributed by atoms with E-state index in [-0.39, 0.29) is 17.8 Å². The molecule has 30 heavy (non-hydrogen) atoms. The minimum absolute atomic E-state index is 0.0162. The number of nitrogens with one attached hydrogen (secondary N) is 1. The van der Waals surface area contributed by atoms with E-state index in [9.17, 15) is 4.79 Å². The van der Waals surface area contributed by atoms with Gasteiger partial charge in [-0.25, -0.2) is 4.98 Å². The van der Waals surface area contributed by atoms with Crippen LogP contribution in [0, 0.1) is 0 Å². The molecule has 1 saturated heterocycles. The van der Waals surface area contributed by atoms with Gasteiger partial charge in [0.25, 0.3) is 5.56 Å². The molecule has 8 nitrogen and oxygen atoms in total. The lowest BCUT2D eigenvalue weighted by Gasteiger charge is -2.36. The van der Waals surface area contributed by atoms with Crippen LogP contribution < -0.4 is 10.5 Å². The smallest absolute Gasteiger partial charge is 0.255 e. The first kappa shape index (κ1) is 19.1. The fourth-order valence-electron chi connectivity index (χ4n) is 4.54. The lowest BCUT2D eigenvalue weighted by molar-refractivity contribution is -0.00576. The lowest BCUT2D eigenvalue weighted by Crippen LogP contribution is -2.47. The molecular weight excluding hydrogens is 380 g/mol. The summed E-state index contributed by atoms with van der Waals surface area (Å²) in [6.45, 7) is 7.78. The molecule has 0 bridgehead atoms. The van der Waals surface area contributed by atoms with Gasteiger partial charge in [0.15, 0.2) is 0 Å². The fourth-order valence-corrected chi connectivity index (χ4v) is 4.54. The van der Waals surface area contributed by atoms with Gasteiger partial charge in [-0.05, 0) is 31.9 Å². The molecule has 0 unspecified atom stereocenters. The second kappa shape index (κ2) is 7.77. The zero-order chi connectivity index (χ0) is 20.7. The Hall–Kier alpha value is -2.84. The van der Waals surface area contributed by atoms with Crippen LogP contribution in [-0.2, 0) is 24.2 Å². The van der Waals surface area contributed by atoms with Gasteiger partial charge in [0.2, 0.25) is 5.95 Å². The molecule has 0 saturated carbocycles. The molecule has 0 amide bonds. The molecule has 0 aliphatic carbocycles. The van der Waals surface area contributed by atoms with Gasteiger partial charge >= 0.3 is 0 Å². The van der Waals surface area contributed by atoms with Crippen molar-refractivity contribution in [1.29, 1.82) is 0 Å². The van der Waals surface area contributed by atoms with Crippen molar-refractivity contribution < 1.29 is 4.74 Å². The van der Waals surface area contributed by atoms with Crippen molar-refractivity contribution in [3.63, 3.8) is 0 Å². The Bertz CT molecular complexity index is 1110. The molecule has 2 aliphatic heterocycles. The minimum Gasteiger partial charge on any atom is -0.372 e. The van der Waals surface area contributed by atoms with Crippen molar-refractivity contribution in [2.75, 3.05) is 24.5 Å². The van der Waals surface area contributed by atoms with Crippen molar-refractivity contribution in [3.8, 4) is 0 Å². The maximum absolute atomic E-state index is 12.7. The van der Waals surface area contributed by atoms with Crippen LogP contribution in [0.5, 0.6) is 0 Å². The van der Waals surface area contributed by atoms with Gasteiger partial charge in [0, 0.05) is 50.7 Å². The summed E-state index contributed by atoms with van der Waals surface area (Å²) < 4.78 is 5.82. The van der Waals surface area contributed by atoms with Crippen molar-refractivity contribution >= 4 is 17.0 Å². The summed E-state index contributed by atoms with van der Waals surface area (Å²) in [7, 11) is 0. The summed E-state index contributed by atoms with van der Waals surface area (Å²) in [4.78, 5) is 34.0. The van der Waals surface area contributed by atoms with E-state index in [0.29, 0.717) is 18.9 Å². The number of para-hydroxylation sites is 1. The molecule has 1 aromatic carbocycles. The number of hydrogen-bond donors (Lipinski definition) is 1. The Labute approximate surface area is 174 Å². The molecule has 2 atom stereocenters. The molecular formula is C22H26N6O2. The zero-order valence-electron chi connectivity index (χ0n) is 17.3. The first-order chi connectivity index (χ1) is 14.6. The second-order valence-electron chi connectivity index (χ2n) is 8.28. The molecule has 5 rings (SSSR count). The summed E-state index contributed by atoms with van der Waals surface area (Å²) in [6, 6.07) is 6.10.